The summed E-state index contributed by atoms with van der Waals surface area (Å²) in [5, 5.41) is 16.9. The second kappa shape index (κ2) is 4.27. The molecule has 5 heteroatoms. The van der Waals surface area contributed by atoms with Crippen molar-refractivity contribution in [1.82, 2.24) is 4.90 Å². The van der Waals surface area contributed by atoms with Gasteiger partial charge in [0.25, 0.3) is 0 Å². The van der Waals surface area contributed by atoms with Crippen LogP contribution in [0.2, 0.25) is 0 Å². The van der Waals surface area contributed by atoms with Crippen LogP contribution in [0, 0.1) is 0 Å². The van der Waals surface area contributed by atoms with E-state index < -0.39 is 6.29 Å². The predicted octanol–water partition coefficient (Wildman–Crippen LogP) is -0.471. The molecule has 0 aliphatic carbocycles. The van der Waals surface area contributed by atoms with E-state index in [0.717, 1.165) is 19.5 Å². The van der Waals surface area contributed by atoms with E-state index in [0.29, 0.717) is 0 Å². The van der Waals surface area contributed by atoms with Crippen molar-refractivity contribution in [3.63, 3.8) is 0 Å². The molecule has 0 bridgehead atoms. The molecule has 5 nitrogen and oxygen atoms in total. The number of hydrogen-bond donors (Lipinski definition) is 2. The third-order valence-corrected chi connectivity index (χ3v) is 1.72. The maximum atomic E-state index is 10.9. The number of likely N-dealkylation sites (tertiary alicyclic amines) is 1. The molecular weight excluding hydrogens is 162 g/mol. The Balaban J connectivity index is 2.02. The van der Waals surface area contributed by atoms with Crippen LogP contribution in [0.3, 0.4) is 0 Å². The highest BCUT2D eigenvalue weighted by molar-refractivity contribution is 5.68. The fourth-order valence-electron chi connectivity index (χ4n) is 0.842. The first-order valence-electron chi connectivity index (χ1n) is 3.98. The Kier molecular flexibility index (Phi) is 3.31. The zero-order valence-corrected chi connectivity index (χ0v) is 6.77. The maximum absolute atomic E-state index is 10.9. The van der Waals surface area contributed by atoms with Gasteiger partial charge in [0.2, 0.25) is 0 Å². The van der Waals surface area contributed by atoms with Crippen LogP contribution >= 0.6 is 0 Å². The number of hydrogen-bond acceptors (Lipinski definition) is 4. The molecule has 0 aromatic heterocycles. The summed E-state index contributed by atoms with van der Waals surface area (Å²) in [6.45, 7) is 1.56. The van der Waals surface area contributed by atoms with E-state index in [1.54, 1.807) is 4.90 Å². The van der Waals surface area contributed by atoms with Crippen LogP contribution in [0.5, 0.6) is 0 Å². The van der Waals surface area contributed by atoms with Crippen molar-refractivity contribution >= 4 is 6.09 Å². The Morgan fingerprint density at radius 1 is 1.50 bits per heavy atom. The molecule has 70 valence electrons. The summed E-state index contributed by atoms with van der Waals surface area (Å²) in [7, 11) is 0. The van der Waals surface area contributed by atoms with Crippen molar-refractivity contribution in [2.45, 2.75) is 19.1 Å². The molecule has 2 N–H and O–H groups in total. The lowest BCUT2D eigenvalue weighted by Crippen LogP contribution is -2.42. The van der Waals surface area contributed by atoms with Crippen molar-refractivity contribution < 1.29 is 19.7 Å². The van der Waals surface area contributed by atoms with Crippen LogP contribution in [-0.2, 0) is 4.74 Å². The molecule has 12 heavy (non-hydrogen) atoms. The lowest BCUT2D eigenvalue weighted by Gasteiger charge is -2.29. The molecule has 0 spiro atoms. The van der Waals surface area contributed by atoms with Gasteiger partial charge in [0.05, 0.1) is 6.61 Å². The number of aliphatic hydroxyl groups is 2. The average Bonchev–Trinajstić information content (AvgIpc) is 1.81. The molecule has 0 saturated carbocycles. The quantitative estimate of drug-likeness (QED) is 0.569. The molecule has 0 radical (unpaired) electrons. The SMILES string of the molecule is O=C(OCCC(O)O)N1CCC1. The molecule has 1 saturated heterocycles. The Hall–Kier alpha value is -0.810. The topological polar surface area (TPSA) is 70.0 Å². The molecule has 0 atom stereocenters. The van der Waals surface area contributed by atoms with E-state index in [4.69, 9.17) is 14.9 Å². The van der Waals surface area contributed by atoms with E-state index >= 15 is 0 Å². The number of ether oxygens (including phenoxy) is 1. The van der Waals surface area contributed by atoms with Crippen LogP contribution in [0.25, 0.3) is 0 Å². The minimum atomic E-state index is -1.39. The monoisotopic (exact) mass is 175 g/mol. The number of carbonyl (C=O) groups excluding carboxylic acids is 1. The zero-order chi connectivity index (χ0) is 8.97. The first-order valence-corrected chi connectivity index (χ1v) is 3.98. The van der Waals surface area contributed by atoms with Crippen molar-refractivity contribution in [3.05, 3.63) is 0 Å². The summed E-state index contributed by atoms with van der Waals surface area (Å²) in [4.78, 5) is 12.5. The van der Waals surface area contributed by atoms with Crippen LogP contribution in [0.4, 0.5) is 4.79 Å². The van der Waals surface area contributed by atoms with Crippen molar-refractivity contribution in [3.8, 4) is 0 Å². The Labute approximate surface area is 70.5 Å². The van der Waals surface area contributed by atoms with E-state index in [1.807, 2.05) is 0 Å². The number of carbonyl (C=O) groups is 1. The highest BCUT2D eigenvalue weighted by Crippen LogP contribution is 2.07. The molecule has 1 fully saturated rings. The Morgan fingerprint density at radius 2 is 2.17 bits per heavy atom. The highest BCUT2D eigenvalue weighted by Gasteiger charge is 2.21. The van der Waals surface area contributed by atoms with Gasteiger partial charge in [-0.05, 0) is 6.42 Å². The van der Waals surface area contributed by atoms with Gasteiger partial charge in [0.1, 0.15) is 0 Å². The summed E-state index contributed by atoms with van der Waals surface area (Å²) in [6, 6.07) is 0. The van der Waals surface area contributed by atoms with Gasteiger partial charge >= 0.3 is 6.09 Å². The lowest BCUT2D eigenvalue weighted by molar-refractivity contribution is -0.0568. The fourth-order valence-corrected chi connectivity index (χ4v) is 0.842. The predicted molar refractivity (Wildman–Crippen MR) is 40.4 cm³/mol. The standard InChI is InChI=1S/C7H13NO4/c9-6(10)2-5-12-7(11)8-3-1-4-8/h6,9-10H,1-5H2. The Morgan fingerprint density at radius 3 is 2.58 bits per heavy atom. The molecule has 0 aromatic carbocycles. The van der Waals surface area contributed by atoms with Crippen molar-refractivity contribution in [2.75, 3.05) is 19.7 Å². The zero-order valence-electron chi connectivity index (χ0n) is 6.77. The normalized spacial score (nSPS) is 16.1. The van der Waals surface area contributed by atoms with Gasteiger partial charge in [-0.25, -0.2) is 4.79 Å². The summed E-state index contributed by atoms with van der Waals surface area (Å²) in [5.41, 5.74) is 0. The first kappa shape index (κ1) is 9.28. The number of amides is 1. The minimum absolute atomic E-state index is 0.0625. The van der Waals surface area contributed by atoms with Gasteiger partial charge in [-0.15, -0.1) is 0 Å². The van der Waals surface area contributed by atoms with Crippen LogP contribution < -0.4 is 0 Å². The minimum Gasteiger partial charge on any atom is -0.449 e. The first-order chi connectivity index (χ1) is 5.70. The van der Waals surface area contributed by atoms with Gasteiger partial charge in [-0.2, -0.15) is 0 Å². The molecular formula is C7H13NO4. The van der Waals surface area contributed by atoms with Gasteiger partial charge in [0, 0.05) is 19.5 Å². The molecule has 1 aliphatic heterocycles. The fraction of sp³-hybridized carbons (Fsp3) is 0.857. The van der Waals surface area contributed by atoms with Gasteiger partial charge in [0.15, 0.2) is 6.29 Å². The third kappa shape index (κ3) is 2.67. The van der Waals surface area contributed by atoms with Gasteiger partial charge in [-0.3, -0.25) is 0 Å². The Bertz CT molecular complexity index is 155. The number of aliphatic hydroxyl groups excluding tert-OH is 1. The van der Waals surface area contributed by atoms with Crippen LogP contribution in [0.1, 0.15) is 12.8 Å². The van der Waals surface area contributed by atoms with E-state index in [1.165, 1.54) is 0 Å². The number of rotatable bonds is 3. The molecule has 0 aromatic rings. The van der Waals surface area contributed by atoms with E-state index in [-0.39, 0.29) is 19.1 Å². The number of nitrogens with zero attached hydrogens (tertiary/aromatic N) is 1. The molecule has 1 heterocycles. The summed E-state index contributed by atoms with van der Waals surface area (Å²) in [6.07, 6.45) is -0.659. The summed E-state index contributed by atoms with van der Waals surface area (Å²) in [5.74, 6) is 0. The van der Waals surface area contributed by atoms with Crippen LogP contribution in [-0.4, -0.2) is 47.2 Å². The highest BCUT2D eigenvalue weighted by atomic mass is 16.6. The average molecular weight is 175 g/mol. The van der Waals surface area contributed by atoms with Crippen LogP contribution in [0.15, 0.2) is 0 Å². The second-order valence-corrected chi connectivity index (χ2v) is 2.72. The second-order valence-electron chi connectivity index (χ2n) is 2.72. The van der Waals surface area contributed by atoms with E-state index in [9.17, 15) is 4.79 Å². The smallest absolute Gasteiger partial charge is 0.409 e. The van der Waals surface area contributed by atoms with E-state index in [2.05, 4.69) is 0 Å². The molecule has 1 aliphatic rings. The largest absolute Gasteiger partial charge is 0.449 e. The van der Waals surface area contributed by atoms with Gasteiger partial charge in [-0.1, -0.05) is 0 Å². The van der Waals surface area contributed by atoms with Crippen molar-refractivity contribution in [1.29, 1.82) is 0 Å². The van der Waals surface area contributed by atoms with Gasteiger partial charge < -0.3 is 19.8 Å². The summed E-state index contributed by atoms with van der Waals surface area (Å²) >= 11 is 0. The maximum Gasteiger partial charge on any atom is 0.409 e. The molecule has 1 rings (SSSR count). The summed E-state index contributed by atoms with van der Waals surface area (Å²) < 4.78 is 4.72. The third-order valence-electron chi connectivity index (χ3n) is 1.72. The van der Waals surface area contributed by atoms with Crippen molar-refractivity contribution in [2.24, 2.45) is 0 Å². The molecule has 0 unspecified atom stereocenters. The lowest BCUT2D eigenvalue weighted by atomic mass is 10.2. The molecule has 1 amide bonds.